The topological polar surface area (TPSA) is 110 Å². The predicted octanol–water partition coefficient (Wildman–Crippen LogP) is -0.237. The monoisotopic (exact) mass is 304 g/mol. The van der Waals surface area contributed by atoms with E-state index < -0.39 is 27.9 Å². The Morgan fingerprint density at radius 3 is 2.75 bits per heavy atom. The van der Waals surface area contributed by atoms with Crippen LogP contribution in [-0.2, 0) is 19.6 Å². The van der Waals surface area contributed by atoms with Crippen molar-refractivity contribution >= 4 is 21.7 Å². The van der Waals surface area contributed by atoms with E-state index >= 15 is 0 Å². The molecule has 1 aromatic carbocycles. The maximum Gasteiger partial charge on any atom is 0.328 e. The summed E-state index contributed by atoms with van der Waals surface area (Å²) in [5.74, 6) is -1.98. The zero-order valence-corrected chi connectivity index (χ0v) is 11.1. The minimum atomic E-state index is -4.00. The molecule has 20 heavy (non-hydrogen) atoms. The van der Waals surface area contributed by atoms with Crippen LogP contribution in [0.4, 0.5) is 10.1 Å². The van der Waals surface area contributed by atoms with Gasteiger partial charge in [-0.05, 0) is 18.2 Å². The van der Waals surface area contributed by atoms with Crippen molar-refractivity contribution in [1.82, 2.24) is 0 Å². The number of rotatable bonds is 3. The fourth-order valence-electron chi connectivity index (χ4n) is 1.99. The Labute approximate surface area is 114 Å². The molecule has 0 bridgehead atoms. The lowest BCUT2D eigenvalue weighted by molar-refractivity contribution is -0.141. The van der Waals surface area contributed by atoms with E-state index in [0.29, 0.717) is 0 Å². The average Bonchev–Trinajstić information content (AvgIpc) is 2.37. The molecule has 0 amide bonds. The van der Waals surface area contributed by atoms with Crippen LogP contribution in [0.3, 0.4) is 0 Å². The molecule has 0 aliphatic carbocycles. The summed E-state index contributed by atoms with van der Waals surface area (Å²) in [5, 5.41) is 14.0. The van der Waals surface area contributed by atoms with Gasteiger partial charge in [0.1, 0.15) is 5.82 Å². The highest BCUT2D eigenvalue weighted by Gasteiger charge is 2.31. The van der Waals surface area contributed by atoms with Crippen molar-refractivity contribution < 1.29 is 27.4 Å². The zero-order chi connectivity index (χ0) is 14.9. The molecule has 0 radical (unpaired) electrons. The molecule has 2 rings (SSSR count). The highest BCUT2D eigenvalue weighted by atomic mass is 32.2. The zero-order valence-electron chi connectivity index (χ0n) is 10.3. The molecule has 0 aromatic heterocycles. The van der Waals surface area contributed by atoms with Gasteiger partial charge >= 0.3 is 5.97 Å². The van der Waals surface area contributed by atoms with Crippen molar-refractivity contribution in [1.29, 1.82) is 0 Å². The largest absolute Gasteiger partial charge is 0.480 e. The van der Waals surface area contributed by atoms with Crippen molar-refractivity contribution in [2.45, 2.75) is 10.9 Å². The van der Waals surface area contributed by atoms with Crippen LogP contribution in [0, 0.1) is 5.82 Å². The predicted molar refractivity (Wildman–Crippen MR) is 67.4 cm³/mol. The van der Waals surface area contributed by atoms with Gasteiger partial charge in [0.25, 0.3) is 0 Å². The quantitative estimate of drug-likeness (QED) is 0.797. The normalized spacial score (nSPS) is 19.9. The molecule has 110 valence electrons. The fourth-order valence-corrected chi connectivity index (χ4v) is 2.52. The smallest absolute Gasteiger partial charge is 0.328 e. The van der Waals surface area contributed by atoms with Gasteiger partial charge < -0.3 is 14.7 Å². The number of primary sulfonamides is 1. The number of hydrogen-bond acceptors (Lipinski definition) is 5. The van der Waals surface area contributed by atoms with E-state index in [1.54, 1.807) is 0 Å². The molecule has 1 aliphatic heterocycles. The molecule has 1 aliphatic rings. The summed E-state index contributed by atoms with van der Waals surface area (Å²) in [4.78, 5) is 12.1. The number of ether oxygens (including phenoxy) is 1. The summed E-state index contributed by atoms with van der Waals surface area (Å²) in [5.41, 5.74) is 0.00750. The first-order chi connectivity index (χ1) is 9.30. The number of carboxylic acid groups (broad SMARTS) is 1. The van der Waals surface area contributed by atoms with Gasteiger partial charge in [0.15, 0.2) is 6.04 Å². The summed E-state index contributed by atoms with van der Waals surface area (Å²) < 4.78 is 41.3. The molecule has 0 spiro atoms. The van der Waals surface area contributed by atoms with Crippen LogP contribution in [0.25, 0.3) is 0 Å². The number of hydrogen-bond donors (Lipinski definition) is 2. The lowest BCUT2D eigenvalue weighted by Gasteiger charge is -2.34. The van der Waals surface area contributed by atoms with Crippen molar-refractivity contribution in [3.05, 3.63) is 24.0 Å². The van der Waals surface area contributed by atoms with E-state index in [1.807, 2.05) is 0 Å². The van der Waals surface area contributed by atoms with Gasteiger partial charge in [0.05, 0.1) is 23.8 Å². The maximum absolute atomic E-state index is 14.0. The van der Waals surface area contributed by atoms with Gasteiger partial charge in [-0.15, -0.1) is 0 Å². The van der Waals surface area contributed by atoms with Crippen LogP contribution in [0.2, 0.25) is 0 Å². The number of benzene rings is 1. The third-order valence-electron chi connectivity index (χ3n) is 2.97. The number of nitrogens with two attached hydrogens (primary N) is 1. The number of anilines is 1. The molecule has 7 nitrogen and oxygen atoms in total. The second-order valence-electron chi connectivity index (χ2n) is 4.28. The molecular weight excluding hydrogens is 291 g/mol. The first-order valence-electron chi connectivity index (χ1n) is 5.70. The van der Waals surface area contributed by atoms with E-state index in [-0.39, 0.29) is 30.3 Å². The van der Waals surface area contributed by atoms with Crippen molar-refractivity contribution in [3.8, 4) is 0 Å². The first kappa shape index (κ1) is 14.7. The first-order valence-corrected chi connectivity index (χ1v) is 7.25. The second kappa shape index (κ2) is 5.35. The van der Waals surface area contributed by atoms with Crippen LogP contribution < -0.4 is 10.0 Å². The molecule has 0 saturated carbocycles. The average molecular weight is 304 g/mol. The third-order valence-corrected chi connectivity index (χ3v) is 3.88. The number of sulfonamides is 1. The number of nitrogens with zero attached hydrogens (tertiary/aromatic N) is 1. The van der Waals surface area contributed by atoms with Gasteiger partial charge in [-0.3, -0.25) is 0 Å². The standard InChI is InChI=1S/C11H13FN2O5S/c12-8-5-7(20(13,17)18)1-2-9(8)14-3-4-19-6-10(14)11(15)16/h1-2,5,10H,3-4,6H2,(H,15,16)(H2,13,17,18). The molecule has 1 unspecified atom stereocenters. The van der Waals surface area contributed by atoms with Crippen LogP contribution in [0.5, 0.6) is 0 Å². The highest BCUT2D eigenvalue weighted by Crippen LogP contribution is 2.25. The number of carbonyl (C=O) groups is 1. The molecular formula is C11H13FN2O5S. The Morgan fingerprint density at radius 1 is 1.50 bits per heavy atom. The maximum atomic E-state index is 14.0. The minimum absolute atomic E-state index is 0.00750. The van der Waals surface area contributed by atoms with E-state index in [9.17, 15) is 17.6 Å². The van der Waals surface area contributed by atoms with Gasteiger partial charge in [0.2, 0.25) is 10.0 Å². The van der Waals surface area contributed by atoms with Crippen LogP contribution >= 0.6 is 0 Å². The van der Waals surface area contributed by atoms with Gasteiger partial charge in [-0.1, -0.05) is 0 Å². The summed E-state index contributed by atoms with van der Waals surface area (Å²) in [6, 6.07) is 2.11. The van der Waals surface area contributed by atoms with Crippen LogP contribution in [0.1, 0.15) is 0 Å². The van der Waals surface area contributed by atoms with Gasteiger partial charge in [-0.25, -0.2) is 22.7 Å². The van der Waals surface area contributed by atoms with E-state index in [0.717, 1.165) is 12.1 Å². The lowest BCUT2D eigenvalue weighted by atomic mass is 10.2. The molecule has 1 heterocycles. The summed E-state index contributed by atoms with van der Waals surface area (Å²) in [6.45, 7) is 0.397. The Hall–Kier alpha value is -1.71. The van der Waals surface area contributed by atoms with Crippen molar-refractivity contribution in [2.75, 3.05) is 24.7 Å². The Bertz CT molecular complexity index is 634. The molecule has 1 saturated heterocycles. The Kier molecular flexibility index (Phi) is 3.93. The lowest BCUT2D eigenvalue weighted by Crippen LogP contribution is -2.50. The van der Waals surface area contributed by atoms with Crippen LogP contribution in [0.15, 0.2) is 23.1 Å². The summed E-state index contributed by atoms with van der Waals surface area (Å²) >= 11 is 0. The molecule has 1 fully saturated rings. The van der Waals surface area contributed by atoms with Crippen molar-refractivity contribution in [3.63, 3.8) is 0 Å². The van der Waals surface area contributed by atoms with Crippen molar-refractivity contribution in [2.24, 2.45) is 5.14 Å². The minimum Gasteiger partial charge on any atom is -0.480 e. The number of morpholine rings is 1. The van der Waals surface area contributed by atoms with E-state index in [4.69, 9.17) is 15.0 Å². The molecule has 3 N–H and O–H groups in total. The number of halogens is 1. The summed E-state index contributed by atoms with van der Waals surface area (Å²) in [7, 11) is -4.00. The van der Waals surface area contributed by atoms with Gasteiger partial charge in [0, 0.05) is 6.54 Å². The molecule has 9 heteroatoms. The second-order valence-corrected chi connectivity index (χ2v) is 5.84. The Balaban J connectivity index is 2.39. The van der Waals surface area contributed by atoms with Gasteiger partial charge in [-0.2, -0.15) is 0 Å². The van der Waals surface area contributed by atoms with E-state index in [2.05, 4.69) is 0 Å². The SMILES string of the molecule is NS(=O)(=O)c1ccc(N2CCOCC2C(=O)O)c(F)c1. The number of carboxylic acids is 1. The highest BCUT2D eigenvalue weighted by molar-refractivity contribution is 7.89. The number of aliphatic carboxylic acids is 1. The summed E-state index contributed by atoms with van der Waals surface area (Å²) in [6.07, 6.45) is 0. The van der Waals surface area contributed by atoms with Crippen LogP contribution in [-0.4, -0.2) is 45.3 Å². The third kappa shape index (κ3) is 2.89. The van der Waals surface area contributed by atoms with E-state index in [1.165, 1.54) is 11.0 Å². The Morgan fingerprint density at radius 2 is 2.20 bits per heavy atom. The molecule has 1 atom stereocenters. The molecule has 1 aromatic rings. The fraction of sp³-hybridized carbons (Fsp3) is 0.364.